The Labute approximate surface area is 101 Å². The molecule has 2 N–H and O–H groups in total. The van der Waals surface area contributed by atoms with E-state index in [1.165, 1.54) is 11.1 Å². The van der Waals surface area contributed by atoms with E-state index in [4.69, 9.17) is 5.73 Å². The van der Waals surface area contributed by atoms with E-state index in [1.54, 1.807) is 0 Å². The molecule has 1 heterocycles. The lowest BCUT2D eigenvalue weighted by Gasteiger charge is -2.05. The summed E-state index contributed by atoms with van der Waals surface area (Å²) in [5, 5.41) is 4.37. The largest absolute Gasteiger partial charge is 0.330 e. The van der Waals surface area contributed by atoms with Crippen LogP contribution in [0, 0.1) is 13.8 Å². The first kappa shape index (κ1) is 11.8. The number of rotatable bonds is 3. The van der Waals surface area contributed by atoms with Crippen molar-refractivity contribution in [3.05, 3.63) is 35.2 Å². The van der Waals surface area contributed by atoms with Crippen LogP contribution >= 0.6 is 0 Å². The monoisotopic (exact) mass is 230 g/mol. The highest BCUT2D eigenvalue weighted by atomic mass is 15.3. The van der Waals surface area contributed by atoms with E-state index in [2.05, 4.69) is 42.1 Å². The second kappa shape index (κ2) is 4.67. The Morgan fingerprint density at radius 2 is 2.06 bits per heavy atom. The lowest BCUT2D eigenvalue weighted by atomic mass is 10.1. The summed E-state index contributed by atoms with van der Waals surface area (Å²) in [4.78, 5) is 4.53. The lowest BCUT2D eigenvalue weighted by Crippen LogP contribution is -2.04. The topological polar surface area (TPSA) is 56.7 Å². The fraction of sp³-hybridized carbons (Fsp3) is 0.385. The maximum absolute atomic E-state index is 5.52. The van der Waals surface area contributed by atoms with E-state index < -0.39 is 0 Å². The van der Waals surface area contributed by atoms with Crippen LogP contribution in [-0.4, -0.2) is 21.3 Å². The summed E-state index contributed by atoms with van der Waals surface area (Å²) in [7, 11) is 1.92. The molecule has 0 fully saturated rings. The Morgan fingerprint density at radius 1 is 1.29 bits per heavy atom. The van der Waals surface area contributed by atoms with Crippen LogP contribution in [-0.2, 0) is 13.5 Å². The summed E-state index contributed by atoms with van der Waals surface area (Å²) in [6.45, 7) is 4.77. The summed E-state index contributed by atoms with van der Waals surface area (Å²) in [5.41, 5.74) is 9.13. The quantitative estimate of drug-likeness (QED) is 0.871. The van der Waals surface area contributed by atoms with Gasteiger partial charge >= 0.3 is 0 Å². The van der Waals surface area contributed by atoms with Gasteiger partial charge in [0.05, 0.1) is 0 Å². The summed E-state index contributed by atoms with van der Waals surface area (Å²) in [6.07, 6.45) is 0.721. The van der Waals surface area contributed by atoms with Crippen LogP contribution in [0.4, 0.5) is 0 Å². The number of aromatic nitrogens is 3. The van der Waals surface area contributed by atoms with E-state index in [0.717, 1.165) is 23.6 Å². The molecule has 0 bridgehead atoms. The van der Waals surface area contributed by atoms with Crippen molar-refractivity contribution < 1.29 is 0 Å². The SMILES string of the molecule is Cc1ccc(-c2nc(CCN)nn2C)c(C)c1. The Bertz CT molecular complexity index is 528. The van der Waals surface area contributed by atoms with Crippen molar-refractivity contribution in [2.75, 3.05) is 6.54 Å². The molecule has 0 radical (unpaired) electrons. The van der Waals surface area contributed by atoms with Crippen LogP contribution in [0.2, 0.25) is 0 Å². The fourth-order valence-electron chi connectivity index (χ4n) is 1.97. The Morgan fingerprint density at radius 3 is 2.71 bits per heavy atom. The molecule has 0 spiro atoms. The van der Waals surface area contributed by atoms with Gasteiger partial charge in [-0.05, 0) is 26.0 Å². The van der Waals surface area contributed by atoms with Crippen molar-refractivity contribution in [2.24, 2.45) is 12.8 Å². The molecule has 0 saturated carbocycles. The highest BCUT2D eigenvalue weighted by Gasteiger charge is 2.10. The first-order valence-electron chi connectivity index (χ1n) is 5.79. The van der Waals surface area contributed by atoms with Crippen LogP contribution in [0.15, 0.2) is 18.2 Å². The molecular weight excluding hydrogens is 212 g/mol. The van der Waals surface area contributed by atoms with Gasteiger partial charge in [0.1, 0.15) is 0 Å². The van der Waals surface area contributed by atoms with Crippen LogP contribution in [0.1, 0.15) is 17.0 Å². The molecule has 0 atom stereocenters. The second-order valence-electron chi connectivity index (χ2n) is 4.33. The fourth-order valence-corrected chi connectivity index (χ4v) is 1.97. The number of nitrogens with zero attached hydrogens (tertiary/aromatic N) is 3. The molecule has 0 aliphatic rings. The summed E-state index contributed by atoms with van der Waals surface area (Å²) < 4.78 is 1.82. The molecule has 4 nitrogen and oxygen atoms in total. The molecule has 2 aromatic rings. The minimum Gasteiger partial charge on any atom is -0.330 e. The van der Waals surface area contributed by atoms with Crippen molar-refractivity contribution >= 4 is 0 Å². The van der Waals surface area contributed by atoms with Crippen molar-refractivity contribution in [1.29, 1.82) is 0 Å². The number of hydrogen-bond acceptors (Lipinski definition) is 3. The minimum absolute atomic E-state index is 0.580. The maximum Gasteiger partial charge on any atom is 0.158 e. The minimum atomic E-state index is 0.580. The van der Waals surface area contributed by atoms with Gasteiger partial charge in [0, 0.05) is 19.0 Å². The molecule has 0 aliphatic heterocycles. The molecular formula is C13H18N4. The van der Waals surface area contributed by atoms with Gasteiger partial charge in [0.25, 0.3) is 0 Å². The van der Waals surface area contributed by atoms with Gasteiger partial charge in [-0.1, -0.05) is 23.8 Å². The molecule has 90 valence electrons. The lowest BCUT2D eigenvalue weighted by molar-refractivity contribution is 0.744. The molecule has 17 heavy (non-hydrogen) atoms. The van der Waals surface area contributed by atoms with Crippen LogP contribution < -0.4 is 5.73 Å². The Balaban J connectivity index is 2.45. The van der Waals surface area contributed by atoms with Crippen molar-refractivity contribution in [1.82, 2.24) is 14.8 Å². The van der Waals surface area contributed by atoms with Crippen LogP contribution in [0.3, 0.4) is 0 Å². The number of benzene rings is 1. The number of aryl methyl sites for hydroxylation is 3. The highest BCUT2D eigenvalue weighted by molar-refractivity contribution is 5.60. The average Bonchev–Trinajstić information content (AvgIpc) is 2.60. The Kier molecular flexibility index (Phi) is 3.24. The molecule has 1 aromatic carbocycles. The molecule has 4 heteroatoms. The molecule has 0 unspecified atom stereocenters. The van der Waals surface area contributed by atoms with E-state index in [1.807, 2.05) is 11.7 Å². The number of nitrogens with two attached hydrogens (primary N) is 1. The van der Waals surface area contributed by atoms with Crippen LogP contribution in [0.5, 0.6) is 0 Å². The maximum atomic E-state index is 5.52. The standard InChI is InChI=1S/C13H18N4/c1-9-4-5-11(10(2)8-9)13-15-12(6-7-14)16-17(13)3/h4-5,8H,6-7,14H2,1-3H3. The van der Waals surface area contributed by atoms with E-state index >= 15 is 0 Å². The molecule has 1 aromatic heterocycles. The summed E-state index contributed by atoms with van der Waals surface area (Å²) in [5.74, 6) is 1.72. The normalized spacial score (nSPS) is 10.8. The Hall–Kier alpha value is -1.68. The van der Waals surface area contributed by atoms with Gasteiger partial charge in [-0.15, -0.1) is 0 Å². The van der Waals surface area contributed by atoms with E-state index in [9.17, 15) is 0 Å². The van der Waals surface area contributed by atoms with Gasteiger partial charge in [-0.2, -0.15) is 5.10 Å². The van der Waals surface area contributed by atoms with Gasteiger partial charge in [-0.3, -0.25) is 0 Å². The predicted octanol–water partition coefficient (Wildman–Crippen LogP) is 1.60. The molecule has 0 aliphatic carbocycles. The third kappa shape index (κ3) is 2.36. The highest BCUT2D eigenvalue weighted by Crippen LogP contribution is 2.22. The van der Waals surface area contributed by atoms with Gasteiger partial charge < -0.3 is 5.73 Å². The second-order valence-corrected chi connectivity index (χ2v) is 4.33. The summed E-state index contributed by atoms with van der Waals surface area (Å²) >= 11 is 0. The molecule has 2 rings (SSSR count). The van der Waals surface area contributed by atoms with E-state index in [0.29, 0.717) is 6.54 Å². The zero-order valence-electron chi connectivity index (χ0n) is 10.6. The zero-order chi connectivity index (χ0) is 12.4. The van der Waals surface area contributed by atoms with Crippen molar-refractivity contribution in [3.63, 3.8) is 0 Å². The smallest absolute Gasteiger partial charge is 0.158 e. The van der Waals surface area contributed by atoms with E-state index in [-0.39, 0.29) is 0 Å². The predicted molar refractivity (Wildman–Crippen MR) is 68.7 cm³/mol. The van der Waals surface area contributed by atoms with Crippen molar-refractivity contribution in [3.8, 4) is 11.4 Å². The average molecular weight is 230 g/mol. The zero-order valence-corrected chi connectivity index (χ0v) is 10.6. The first-order chi connectivity index (χ1) is 8.11. The number of hydrogen-bond donors (Lipinski definition) is 1. The van der Waals surface area contributed by atoms with Crippen molar-refractivity contribution in [2.45, 2.75) is 20.3 Å². The third-order valence-electron chi connectivity index (χ3n) is 2.80. The summed E-state index contributed by atoms with van der Waals surface area (Å²) in [6, 6.07) is 6.35. The van der Waals surface area contributed by atoms with Gasteiger partial charge in [0.15, 0.2) is 11.6 Å². The van der Waals surface area contributed by atoms with Gasteiger partial charge in [-0.25, -0.2) is 9.67 Å². The van der Waals surface area contributed by atoms with Gasteiger partial charge in [0.2, 0.25) is 0 Å². The van der Waals surface area contributed by atoms with Crippen LogP contribution in [0.25, 0.3) is 11.4 Å². The molecule has 0 amide bonds. The third-order valence-corrected chi connectivity index (χ3v) is 2.80. The first-order valence-corrected chi connectivity index (χ1v) is 5.79. The molecule has 0 saturated heterocycles.